The molecule has 0 saturated heterocycles. The molecule has 0 fully saturated rings. The molecule has 0 aromatic carbocycles. The molecule has 60 valence electrons. The van der Waals surface area contributed by atoms with Crippen molar-refractivity contribution in [1.82, 2.24) is 0 Å². The lowest BCUT2D eigenvalue weighted by Gasteiger charge is -2.02. The molecule has 0 aromatic rings. The summed E-state index contributed by atoms with van der Waals surface area (Å²) in [4.78, 5) is 10.5. The van der Waals surface area contributed by atoms with Crippen molar-refractivity contribution in [3.05, 3.63) is 0 Å². The largest absolute Gasteiger partial charge is 0.466 e. The first-order valence-electron chi connectivity index (χ1n) is 3.06. The summed E-state index contributed by atoms with van der Waals surface area (Å²) in [5, 5.41) is 0. The van der Waals surface area contributed by atoms with Gasteiger partial charge in [-0.05, 0) is 6.92 Å². The number of carbonyl (C=O) groups is 1. The Kier molecular flexibility index (Phi) is 5.96. The van der Waals surface area contributed by atoms with Crippen molar-refractivity contribution >= 4 is 28.6 Å². The predicted octanol–water partition coefficient (Wildman–Crippen LogP) is 1.71. The average Bonchev–Trinajstić information content (AvgIpc) is 1.88. The van der Waals surface area contributed by atoms with Gasteiger partial charge < -0.3 is 4.74 Å². The smallest absolute Gasteiger partial charge is 0.308 e. The van der Waals surface area contributed by atoms with Crippen molar-refractivity contribution in [2.45, 2.75) is 19.5 Å². The first-order valence-corrected chi connectivity index (χ1v) is 4.59. The zero-order valence-electron chi connectivity index (χ0n) is 5.77. The zero-order chi connectivity index (χ0) is 7.98. The molecule has 0 aromatic heterocycles. The van der Waals surface area contributed by atoms with Crippen LogP contribution in [0.25, 0.3) is 0 Å². The molecule has 0 aliphatic rings. The Labute approximate surface area is 73.3 Å². The fourth-order valence-corrected chi connectivity index (χ4v) is 0.767. The Morgan fingerprint density at radius 2 is 2.40 bits per heavy atom. The molecule has 0 bridgehead atoms. The first kappa shape index (κ1) is 10.1. The van der Waals surface area contributed by atoms with Crippen LogP contribution in [0, 0.1) is 0 Å². The highest BCUT2D eigenvalue weighted by Gasteiger charge is 2.10. The van der Waals surface area contributed by atoms with Gasteiger partial charge in [0.25, 0.3) is 0 Å². The quantitative estimate of drug-likeness (QED) is 0.437. The normalized spacial score (nSPS) is 12.7. The molecule has 2 nitrogen and oxygen atoms in total. The van der Waals surface area contributed by atoms with Gasteiger partial charge in [0.05, 0.1) is 13.0 Å². The van der Waals surface area contributed by atoms with E-state index in [9.17, 15) is 9.18 Å². The third-order valence-corrected chi connectivity index (χ3v) is 1.82. The maximum Gasteiger partial charge on any atom is 0.308 e. The molecule has 4 heteroatoms. The van der Waals surface area contributed by atoms with Gasteiger partial charge in [-0.3, -0.25) is 4.79 Å². The van der Waals surface area contributed by atoms with Crippen molar-refractivity contribution < 1.29 is 13.9 Å². The number of carbonyl (C=O) groups excluding carboxylic acids is 1. The molecule has 0 radical (unpaired) electrons. The maximum atomic E-state index is 12.4. The predicted molar refractivity (Wildman–Crippen MR) is 45.0 cm³/mol. The third kappa shape index (κ3) is 4.96. The second-order valence-corrected chi connectivity index (χ2v) is 2.64. The molecule has 0 N–H and O–H groups in total. The van der Waals surface area contributed by atoms with E-state index in [0.29, 0.717) is 11.0 Å². The van der Waals surface area contributed by atoms with Crippen molar-refractivity contribution in [3.8, 4) is 0 Å². The van der Waals surface area contributed by atoms with E-state index in [-0.39, 0.29) is 6.42 Å². The molecule has 0 rings (SSSR count). The van der Waals surface area contributed by atoms with Gasteiger partial charge in [-0.15, -0.1) is 0 Å². The van der Waals surface area contributed by atoms with Crippen LogP contribution >= 0.6 is 22.6 Å². The van der Waals surface area contributed by atoms with Crippen molar-refractivity contribution in [2.24, 2.45) is 0 Å². The minimum atomic E-state index is -1.06. The van der Waals surface area contributed by atoms with Crippen LogP contribution in [0.2, 0.25) is 0 Å². The van der Waals surface area contributed by atoms with Crippen molar-refractivity contribution in [3.63, 3.8) is 0 Å². The minimum absolute atomic E-state index is 0.114. The van der Waals surface area contributed by atoms with Crippen LogP contribution in [0.15, 0.2) is 0 Å². The van der Waals surface area contributed by atoms with E-state index in [1.165, 1.54) is 0 Å². The molecular weight excluding hydrogens is 250 g/mol. The van der Waals surface area contributed by atoms with E-state index in [2.05, 4.69) is 4.74 Å². The highest BCUT2D eigenvalue weighted by Crippen LogP contribution is 2.03. The van der Waals surface area contributed by atoms with E-state index in [0.717, 1.165) is 0 Å². The number of hydrogen-bond donors (Lipinski definition) is 0. The standard InChI is InChI=1S/C6H10FIO2/c1-2-10-6(9)3-5(7)4-8/h5H,2-4H2,1H3/t5-/m1/s1. The summed E-state index contributed by atoms with van der Waals surface area (Å²) in [6, 6.07) is 0. The van der Waals surface area contributed by atoms with Gasteiger partial charge in [0, 0.05) is 4.43 Å². The number of esters is 1. The Balaban J connectivity index is 3.37. The summed E-state index contributed by atoms with van der Waals surface area (Å²) in [7, 11) is 0. The van der Waals surface area contributed by atoms with E-state index in [4.69, 9.17) is 0 Å². The summed E-state index contributed by atoms with van der Waals surface area (Å²) in [5.41, 5.74) is 0. The van der Waals surface area contributed by atoms with Gasteiger partial charge in [0.15, 0.2) is 0 Å². The fraction of sp³-hybridized carbons (Fsp3) is 0.833. The molecule has 1 atom stereocenters. The Bertz CT molecular complexity index is 108. The van der Waals surface area contributed by atoms with Crippen LogP contribution in [0.3, 0.4) is 0 Å². The van der Waals surface area contributed by atoms with E-state index in [1.807, 2.05) is 22.6 Å². The summed E-state index contributed by atoms with van der Waals surface area (Å²) >= 11 is 1.89. The summed E-state index contributed by atoms with van der Waals surface area (Å²) < 4.78 is 17.3. The average molecular weight is 260 g/mol. The van der Waals surface area contributed by atoms with Gasteiger partial charge in [0.2, 0.25) is 0 Å². The second kappa shape index (κ2) is 5.88. The SMILES string of the molecule is CCOC(=O)C[C@@H](F)CI. The number of rotatable bonds is 4. The van der Waals surface area contributed by atoms with Crippen LogP contribution in [-0.4, -0.2) is 23.2 Å². The van der Waals surface area contributed by atoms with Gasteiger partial charge in [-0.2, -0.15) is 0 Å². The van der Waals surface area contributed by atoms with Crippen LogP contribution in [0.4, 0.5) is 4.39 Å². The minimum Gasteiger partial charge on any atom is -0.466 e. The summed E-state index contributed by atoms with van der Waals surface area (Å²) in [5.74, 6) is -0.452. The second-order valence-electron chi connectivity index (χ2n) is 1.76. The van der Waals surface area contributed by atoms with Crippen LogP contribution in [0.1, 0.15) is 13.3 Å². The molecule has 0 amide bonds. The van der Waals surface area contributed by atoms with Gasteiger partial charge >= 0.3 is 5.97 Å². The number of hydrogen-bond acceptors (Lipinski definition) is 2. The fourth-order valence-electron chi connectivity index (χ4n) is 0.455. The topological polar surface area (TPSA) is 26.3 Å². The molecule has 0 saturated carbocycles. The third-order valence-electron chi connectivity index (χ3n) is 0.861. The summed E-state index contributed by atoms with van der Waals surface area (Å²) in [6.45, 7) is 2.03. The van der Waals surface area contributed by atoms with Crippen LogP contribution in [0.5, 0.6) is 0 Å². The lowest BCUT2D eigenvalue weighted by Crippen LogP contribution is -2.12. The van der Waals surface area contributed by atoms with Crippen molar-refractivity contribution in [2.75, 3.05) is 11.0 Å². The van der Waals surface area contributed by atoms with E-state index >= 15 is 0 Å². The molecule has 0 spiro atoms. The lowest BCUT2D eigenvalue weighted by molar-refractivity contribution is -0.144. The Morgan fingerprint density at radius 1 is 1.80 bits per heavy atom. The highest BCUT2D eigenvalue weighted by molar-refractivity contribution is 14.1. The van der Waals surface area contributed by atoms with E-state index < -0.39 is 12.1 Å². The molecule has 10 heavy (non-hydrogen) atoms. The highest BCUT2D eigenvalue weighted by atomic mass is 127. The van der Waals surface area contributed by atoms with Gasteiger partial charge in [-0.25, -0.2) is 4.39 Å². The van der Waals surface area contributed by atoms with Crippen LogP contribution in [-0.2, 0) is 9.53 Å². The molecule has 0 aliphatic heterocycles. The number of halogens is 2. The zero-order valence-corrected chi connectivity index (χ0v) is 7.93. The molecule has 0 heterocycles. The van der Waals surface area contributed by atoms with Gasteiger partial charge in [-0.1, -0.05) is 22.6 Å². The molecule has 0 aliphatic carbocycles. The van der Waals surface area contributed by atoms with E-state index in [1.54, 1.807) is 6.92 Å². The Hall–Kier alpha value is 0.130. The number of alkyl halides is 2. The van der Waals surface area contributed by atoms with Crippen molar-refractivity contribution in [1.29, 1.82) is 0 Å². The number of ether oxygens (including phenoxy) is 1. The monoisotopic (exact) mass is 260 g/mol. The lowest BCUT2D eigenvalue weighted by atomic mass is 10.3. The molecular formula is C6H10FIO2. The van der Waals surface area contributed by atoms with Crippen LogP contribution < -0.4 is 0 Å². The van der Waals surface area contributed by atoms with Gasteiger partial charge in [0.1, 0.15) is 6.17 Å². The summed E-state index contributed by atoms with van der Waals surface area (Å²) in [6.07, 6.45) is -1.17. The first-order chi connectivity index (χ1) is 4.70. The maximum absolute atomic E-state index is 12.4. The molecule has 0 unspecified atom stereocenters. The Morgan fingerprint density at radius 3 is 2.80 bits per heavy atom.